The Labute approximate surface area is 283 Å². The zero-order chi connectivity index (χ0) is 34.2. The van der Waals surface area contributed by atoms with Crippen molar-refractivity contribution >= 4 is 37.5 Å². The van der Waals surface area contributed by atoms with Crippen molar-refractivity contribution in [2.45, 2.75) is 76.8 Å². The van der Waals surface area contributed by atoms with Crippen LogP contribution in [0.3, 0.4) is 0 Å². The molecule has 1 unspecified atom stereocenters. The Balaban J connectivity index is 1.13. The van der Waals surface area contributed by atoms with Crippen molar-refractivity contribution in [1.82, 2.24) is 14.8 Å². The number of hydrogen-bond donors (Lipinski definition) is 1. The number of hydrogen-bond acceptors (Lipinski definition) is 7. The van der Waals surface area contributed by atoms with Crippen LogP contribution in [-0.2, 0) is 20.9 Å². The maximum Gasteiger partial charge on any atom is 0.255 e. The number of imide groups is 1. The van der Waals surface area contributed by atoms with Gasteiger partial charge in [0, 0.05) is 52.5 Å². The molecule has 0 aliphatic carbocycles. The molecule has 0 radical (unpaired) electrons. The summed E-state index contributed by atoms with van der Waals surface area (Å²) in [6.45, 7) is 11.4. The number of pyridine rings is 1. The number of amides is 4. The number of ether oxygens (including phenoxy) is 1. The van der Waals surface area contributed by atoms with E-state index in [0.29, 0.717) is 36.6 Å². The topological polar surface area (TPSA) is 126 Å². The average molecular weight is 668 g/mol. The highest BCUT2D eigenvalue weighted by molar-refractivity contribution is 6.76. The van der Waals surface area contributed by atoms with E-state index in [1.807, 2.05) is 18.2 Å². The minimum atomic E-state index is -1.31. The SMILES string of the molecule is Cc1cc(C2CCN(c3ccc(C(N)=O)cn3)CC2)ccc1-c1cccc2c1CN(C1CCC(=O)N(COCC[Si](C)(C)C)C1=O)C2=O. The van der Waals surface area contributed by atoms with Crippen molar-refractivity contribution in [3.05, 3.63) is 82.5 Å². The first-order chi connectivity index (χ1) is 22.9. The van der Waals surface area contributed by atoms with E-state index in [4.69, 9.17) is 10.5 Å². The van der Waals surface area contributed by atoms with Crippen LogP contribution in [-0.4, -0.2) is 79.0 Å². The summed E-state index contributed by atoms with van der Waals surface area (Å²) in [7, 11) is -1.31. The zero-order valence-corrected chi connectivity index (χ0v) is 29.3. The van der Waals surface area contributed by atoms with Crippen molar-refractivity contribution in [3.63, 3.8) is 0 Å². The largest absolute Gasteiger partial charge is 0.366 e. The van der Waals surface area contributed by atoms with Crippen molar-refractivity contribution < 1.29 is 23.9 Å². The van der Waals surface area contributed by atoms with Gasteiger partial charge in [0.15, 0.2) is 0 Å². The molecule has 3 aliphatic heterocycles. The number of nitrogens with two attached hydrogens (primary N) is 1. The number of benzene rings is 2. The van der Waals surface area contributed by atoms with E-state index in [2.05, 4.69) is 60.7 Å². The zero-order valence-electron chi connectivity index (χ0n) is 28.3. The summed E-state index contributed by atoms with van der Waals surface area (Å²) in [5, 5.41) is 0. The molecule has 2 saturated heterocycles. The van der Waals surface area contributed by atoms with Crippen LogP contribution in [0.4, 0.5) is 5.82 Å². The van der Waals surface area contributed by atoms with E-state index in [0.717, 1.165) is 60.0 Å². The van der Waals surface area contributed by atoms with Gasteiger partial charge in [-0.15, -0.1) is 0 Å². The lowest BCUT2D eigenvalue weighted by Crippen LogP contribution is -2.55. The molecule has 6 rings (SSSR count). The number of anilines is 1. The highest BCUT2D eigenvalue weighted by Gasteiger charge is 2.43. The minimum Gasteiger partial charge on any atom is -0.366 e. The van der Waals surface area contributed by atoms with Crippen LogP contribution in [0.25, 0.3) is 11.1 Å². The van der Waals surface area contributed by atoms with Crippen molar-refractivity contribution in [2.24, 2.45) is 5.73 Å². The summed E-state index contributed by atoms with van der Waals surface area (Å²) in [4.78, 5) is 60.9. The predicted octanol–water partition coefficient (Wildman–Crippen LogP) is 5.33. The number of piperidine rings is 2. The molecule has 0 spiro atoms. The van der Waals surface area contributed by atoms with Gasteiger partial charge in [-0.1, -0.05) is 50.0 Å². The Bertz CT molecular complexity index is 1730. The lowest BCUT2D eigenvalue weighted by Gasteiger charge is -2.35. The van der Waals surface area contributed by atoms with E-state index in [1.54, 1.807) is 11.0 Å². The summed E-state index contributed by atoms with van der Waals surface area (Å²) in [6, 6.07) is 16.3. The fourth-order valence-corrected chi connectivity index (χ4v) is 7.80. The molecule has 2 N–H and O–H groups in total. The summed E-state index contributed by atoms with van der Waals surface area (Å²) in [5.41, 5.74) is 11.8. The predicted molar refractivity (Wildman–Crippen MR) is 187 cm³/mol. The maximum absolute atomic E-state index is 13.7. The molecular weight excluding hydrogens is 623 g/mol. The Morgan fingerprint density at radius 3 is 2.40 bits per heavy atom. The summed E-state index contributed by atoms with van der Waals surface area (Å²) < 4.78 is 5.77. The smallest absolute Gasteiger partial charge is 0.255 e. The number of likely N-dealkylation sites (tertiary alicyclic amines) is 1. The van der Waals surface area contributed by atoms with E-state index in [9.17, 15) is 19.2 Å². The number of fused-ring (bicyclic) bond motifs is 1. The summed E-state index contributed by atoms with van der Waals surface area (Å²) >= 11 is 0. The van der Waals surface area contributed by atoms with Crippen LogP contribution in [0, 0.1) is 6.92 Å². The fourth-order valence-electron chi connectivity index (χ4n) is 7.04. The van der Waals surface area contributed by atoms with Crippen LogP contribution < -0.4 is 10.6 Å². The normalized spacial score (nSPS) is 18.9. The standard InChI is InChI=1S/C37H45N5O5Si/c1-24-20-26(25-14-16-40(17-15-25)33-12-9-27(21-39-33)35(38)44)8-10-28(24)29-6-5-7-30-31(29)22-41(36(30)45)32-11-13-34(43)42(37(32)46)23-47-18-19-48(2,3)4/h5-10,12,20-21,25,32H,11,13-19,22-23H2,1-4H3,(H2,38,44). The molecular formula is C37H45N5O5Si. The van der Waals surface area contributed by atoms with Gasteiger partial charge in [0.05, 0.1) is 5.56 Å². The first-order valence-electron chi connectivity index (χ1n) is 16.9. The molecule has 0 bridgehead atoms. The third-order valence-electron chi connectivity index (χ3n) is 9.94. The van der Waals surface area contributed by atoms with Gasteiger partial charge < -0.3 is 20.3 Å². The Morgan fingerprint density at radius 2 is 1.73 bits per heavy atom. The molecule has 2 fully saturated rings. The lowest BCUT2D eigenvalue weighted by atomic mass is 9.86. The quantitative estimate of drug-likeness (QED) is 0.176. The molecule has 1 aromatic heterocycles. The molecule has 10 nitrogen and oxygen atoms in total. The van der Waals surface area contributed by atoms with Gasteiger partial charge in [-0.3, -0.25) is 24.1 Å². The summed E-state index contributed by atoms with van der Waals surface area (Å²) in [5.74, 6) is 0.0251. The van der Waals surface area contributed by atoms with Crippen LogP contribution in [0.15, 0.2) is 54.7 Å². The number of aromatic nitrogens is 1. The fraction of sp³-hybridized carbons (Fsp3) is 0.432. The van der Waals surface area contributed by atoms with Gasteiger partial charge in [-0.2, -0.15) is 0 Å². The number of rotatable bonds is 10. The van der Waals surface area contributed by atoms with Gasteiger partial charge >= 0.3 is 0 Å². The number of primary amides is 1. The van der Waals surface area contributed by atoms with Gasteiger partial charge in [0.1, 0.15) is 18.6 Å². The number of carbonyl (C=O) groups is 4. The van der Waals surface area contributed by atoms with Crippen molar-refractivity contribution in [3.8, 4) is 11.1 Å². The average Bonchev–Trinajstić information content (AvgIpc) is 3.40. The third-order valence-corrected chi connectivity index (χ3v) is 11.6. The number of nitrogens with zero attached hydrogens (tertiary/aromatic N) is 4. The molecule has 4 heterocycles. The van der Waals surface area contributed by atoms with Gasteiger partial charge in [0.25, 0.3) is 11.8 Å². The second-order valence-corrected chi connectivity index (χ2v) is 20.1. The van der Waals surface area contributed by atoms with Crippen LogP contribution in [0.1, 0.15) is 69.0 Å². The third kappa shape index (κ3) is 6.93. The number of aryl methyl sites for hydroxylation is 1. The Kier molecular flexibility index (Phi) is 9.53. The molecule has 0 saturated carbocycles. The van der Waals surface area contributed by atoms with E-state index in [1.165, 1.54) is 16.7 Å². The van der Waals surface area contributed by atoms with Crippen LogP contribution in [0.5, 0.6) is 0 Å². The van der Waals surface area contributed by atoms with Gasteiger partial charge in [-0.25, -0.2) is 4.98 Å². The summed E-state index contributed by atoms with van der Waals surface area (Å²) in [6.07, 6.45) is 4.03. The first kappa shape index (κ1) is 33.5. The molecule has 3 aromatic rings. The molecule has 3 aliphatic rings. The van der Waals surface area contributed by atoms with Crippen LogP contribution in [0.2, 0.25) is 25.7 Å². The molecule has 2 aromatic carbocycles. The molecule has 11 heteroatoms. The minimum absolute atomic E-state index is 0.0651. The van der Waals surface area contributed by atoms with E-state index in [-0.39, 0.29) is 30.9 Å². The monoisotopic (exact) mass is 667 g/mol. The highest BCUT2D eigenvalue weighted by atomic mass is 28.3. The maximum atomic E-state index is 13.7. The van der Waals surface area contributed by atoms with Crippen LogP contribution >= 0.6 is 0 Å². The van der Waals surface area contributed by atoms with Gasteiger partial charge in [0.2, 0.25) is 11.8 Å². The molecule has 48 heavy (non-hydrogen) atoms. The van der Waals surface area contributed by atoms with Crippen molar-refractivity contribution in [2.75, 3.05) is 31.3 Å². The Hall–Kier alpha value is -4.35. The first-order valence-corrected chi connectivity index (χ1v) is 20.6. The number of carbonyl (C=O) groups excluding carboxylic acids is 4. The highest BCUT2D eigenvalue weighted by Crippen LogP contribution is 2.38. The van der Waals surface area contributed by atoms with Gasteiger partial charge in [-0.05, 0) is 84.2 Å². The molecule has 1 atom stereocenters. The Morgan fingerprint density at radius 1 is 0.979 bits per heavy atom. The molecule has 252 valence electrons. The molecule has 4 amide bonds. The van der Waals surface area contributed by atoms with E-state index >= 15 is 0 Å². The second-order valence-electron chi connectivity index (χ2n) is 14.4. The van der Waals surface area contributed by atoms with Crippen molar-refractivity contribution in [1.29, 1.82) is 0 Å². The lowest BCUT2D eigenvalue weighted by molar-refractivity contribution is -0.158. The van der Waals surface area contributed by atoms with E-state index < -0.39 is 20.0 Å². The second kappa shape index (κ2) is 13.6.